The number of aryl methyl sites for hydroxylation is 1. The molecule has 1 N–H and O–H groups in total. The van der Waals surface area contributed by atoms with E-state index in [0.717, 1.165) is 32.5 Å². The zero-order valence-electron chi connectivity index (χ0n) is 16.9. The van der Waals surface area contributed by atoms with Gasteiger partial charge in [0, 0.05) is 35.7 Å². The van der Waals surface area contributed by atoms with Crippen LogP contribution in [0.25, 0.3) is 10.9 Å². The summed E-state index contributed by atoms with van der Waals surface area (Å²) in [5.41, 5.74) is 4.24. The molecule has 0 unspecified atom stereocenters. The highest BCUT2D eigenvalue weighted by atomic mass is 79.9. The smallest absolute Gasteiger partial charge is 0.0743 e. The lowest BCUT2D eigenvalue weighted by atomic mass is 10.1. The molecule has 0 atom stereocenters. The SMILES string of the molecule is Cc1ccc(O[Si-](C)(C)C(C)(C)C)cc1Nc1ccnc2ccc(Br)cc12. The molecule has 5 heteroatoms. The molecule has 1 aromatic heterocycles. The number of anilines is 2. The Morgan fingerprint density at radius 2 is 1.74 bits per heavy atom. The first-order chi connectivity index (χ1) is 12.6. The number of rotatable bonds is 4. The van der Waals surface area contributed by atoms with Gasteiger partial charge in [-0.2, -0.15) is 0 Å². The van der Waals surface area contributed by atoms with Crippen LogP contribution < -0.4 is 9.74 Å². The maximum Gasteiger partial charge on any atom is 0.0743 e. The zero-order valence-corrected chi connectivity index (χ0v) is 19.4. The monoisotopic (exact) mass is 442 g/mol. The number of nitrogens with zero attached hydrogens (tertiary/aromatic N) is 1. The number of benzene rings is 2. The van der Waals surface area contributed by atoms with Crippen LogP contribution in [0.3, 0.4) is 0 Å². The lowest BCUT2D eigenvalue weighted by molar-refractivity contribution is 0.492. The van der Waals surface area contributed by atoms with E-state index >= 15 is 0 Å². The predicted molar refractivity (Wildman–Crippen MR) is 122 cm³/mol. The topological polar surface area (TPSA) is 34.1 Å². The number of halogens is 1. The molecule has 27 heavy (non-hydrogen) atoms. The van der Waals surface area contributed by atoms with Gasteiger partial charge in [-0.05, 0) is 48.9 Å². The van der Waals surface area contributed by atoms with Crippen molar-refractivity contribution >= 4 is 46.5 Å². The number of hydrogen-bond acceptors (Lipinski definition) is 3. The molecule has 0 aliphatic heterocycles. The molecule has 0 bridgehead atoms. The van der Waals surface area contributed by atoms with E-state index in [1.54, 1.807) is 0 Å². The van der Waals surface area contributed by atoms with Crippen LogP contribution in [0.5, 0.6) is 5.75 Å². The molecule has 0 aliphatic carbocycles. The first kappa shape index (κ1) is 19.9. The third kappa shape index (κ3) is 4.36. The van der Waals surface area contributed by atoms with Gasteiger partial charge in [0.05, 0.1) is 11.3 Å². The van der Waals surface area contributed by atoms with Gasteiger partial charge in [-0.25, -0.2) is 0 Å². The number of fused-ring (bicyclic) bond motifs is 1. The third-order valence-electron chi connectivity index (χ3n) is 5.36. The van der Waals surface area contributed by atoms with Crippen LogP contribution >= 0.6 is 15.9 Å². The molecule has 0 saturated heterocycles. The van der Waals surface area contributed by atoms with Crippen molar-refractivity contribution in [2.75, 3.05) is 5.32 Å². The summed E-state index contributed by atoms with van der Waals surface area (Å²) in [5.74, 6) is 0.925. The molecule has 2 aromatic carbocycles. The maximum absolute atomic E-state index is 6.49. The summed E-state index contributed by atoms with van der Waals surface area (Å²) >= 11 is 3.56. The van der Waals surface area contributed by atoms with Gasteiger partial charge < -0.3 is 9.74 Å². The maximum atomic E-state index is 6.49. The Morgan fingerprint density at radius 1 is 1.00 bits per heavy atom. The van der Waals surface area contributed by atoms with Gasteiger partial charge in [0.1, 0.15) is 0 Å². The molecule has 1 heterocycles. The highest BCUT2D eigenvalue weighted by Crippen LogP contribution is 2.38. The Bertz CT molecular complexity index is 980. The van der Waals surface area contributed by atoms with Crippen molar-refractivity contribution in [3.63, 3.8) is 0 Å². The first-order valence-electron chi connectivity index (χ1n) is 9.18. The lowest BCUT2D eigenvalue weighted by Crippen LogP contribution is -2.43. The average molecular weight is 443 g/mol. The normalized spacial score (nSPS) is 12.3. The molecule has 0 amide bonds. The van der Waals surface area contributed by atoms with E-state index in [2.05, 4.69) is 91.3 Å². The predicted octanol–water partition coefficient (Wildman–Crippen LogP) is 7.43. The van der Waals surface area contributed by atoms with Gasteiger partial charge in [-0.15, -0.1) is 18.1 Å². The summed E-state index contributed by atoms with van der Waals surface area (Å²) in [6.45, 7) is 13.4. The standard InChI is InChI=1S/C22H27BrN2OSi/c1-15-7-9-17(26-27(5,6)22(2,3)4)14-21(15)25-20-11-12-24-19-10-8-16(23)13-18(19)20/h7-14H,1-6H3,(H,24,25)/q-1. The van der Waals surface area contributed by atoms with Gasteiger partial charge in [-0.3, -0.25) is 4.98 Å². The van der Waals surface area contributed by atoms with Gasteiger partial charge in [0.25, 0.3) is 0 Å². The molecule has 3 aromatic rings. The number of nitrogens with one attached hydrogen (secondary N) is 1. The molecule has 3 nitrogen and oxygen atoms in total. The molecule has 0 radical (unpaired) electrons. The van der Waals surface area contributed by atoms with Crippen LogP contribution in [0.15, 0.2) is 53.1 Å². The summed E-state index contributed by atoms with van der Waals surface area (Å²) in [7, 11) is -1.87. The Balaban J connectivity index is 1.96. The Morgan fingerprint density at radius 3 is 2.44 bits per heavy atom. The van der Waals surface area contributed by atoms with Crippen molar-refractivity contribution < 1.29 is 4.43 Å². The van der Waals surface area contributed by atoms with E-state index in [0.29, 0.717) is 0 Å². The average Bonchev–Trinajstić information content (AvgIpc) is 2.57. The number of pyridine rings is 1. The molecular formula is C22H27BrN2OSi-. The largest absolute Gasteiger partial charge is 0.689 e. The highest BCUT2D eigenvalue weighted by molar-refractivity contribution is 9.10. The third-order valence-corrected chi connectivity index (χ3v) is 10.2. The van der Waals surface area contributed by atoms with Crippen molar-refractivity contribution in [1.29, 1.82) is 0 Å². The fourth-order valence-electron chi connectivity index (χ4n) is 2.62. The fourth-order valence-corrected chi connectivity index (χ4v) is 4.00. The van der Waals surface area contributed by atoms with E-state index in [4.69, 9.17) is 4.43 Å². The minimum atomic E-state index is -1.87. The van der Waals surface area contributed by atoms with Crippen molar-refractivity contribution in [3.8, 4) is 5.75 Å². The molecule has 0 fully saturated rings. The van der Waals surface area contributed by atoms with Gasteiger partial charge in [-0.1, -0.05) is 42.8 Å². The van der Waals surface area contributed by atoms with Crippen LogP contribution in [0.4, 0.5) is 11.4 Å². The first-order valence-corrected chi connectivity index (χ1v) is 12.9. The Kier molecular flexibility index (Phi) is 5.37. The van der Waals surface area contributed by atoms with Crippen LogP contribution in [0.1, 0.15) is 26.3 Å². The van der Waals surface area contributed by atoms with Gasteiger partial charge in [0.15, 0.2) is 0 Å². The second-order valence-electron chi connectivity index (χ2n) is 8.48. The summed E-state index contributed by atoms with van der Waals surface area (Å²) < 4.78 is 7.52. The summed E-state index contributed by atoms with van der Waals surface area (Å²) in [4.78, 5) is 4.46. The Labute approximate surface area is 171 Å². The highest BCUT2D eigenvalue weighted by Gasteiger charge is 2.26. The van der Waals surface area contributed by atoms with Crippen LogP contribution in [0, 0.1) is 6.92 Å². The van der Waals surface area contributed by atoms with Gasteiger partial charge >= 0.3 is 0 Å². The van der Waals surface area contributed by atoms with E-state index in [1.807, 2.05) is 24.4 Å². The van der Waals surface area contributed by atoms with Crippen LogP contribution in [-0.2, 0) is 0 Å². The molecule has 143 valence electrons. The van der Waals surface area contributed by atoms with Crippen molar-refractivity contribution in [3.05, 3.63) is 58.7 Å². The van der Waals surface area contributed by atoms with E-state index in [-0.39, 0.29) is 5.04 Å². The van der Waals surface area contributed by atoms with Crippen molar-refractivity contribution in [2.45, 2.75) is 45.8 Å². The molecule has 3 rings (SSSR count). The molecule has 0 aliphatic rings. The summed E-state index contributed by atoms with van der Waals surface area (Å²) in [6.07, 6.45) is 1.84. The van der Waals surface area contributed by atoms with E-state index in [9.17, 15) is 0 Å². The quantitative estimate of drug-likeness (QED) is 0.426. The second-order valence-corrected chi connectivity index (χ2v) is 14.1. The lowest BCUT2D eigenvalue weighted by Gasteiger charge is -2.48. The van der Waals surface area contributed by atoms with Crippen molar-refractivity contribution in [2.24, 2.45) is 0 Å². The minimum absolute atomic E-state index is 0.166. The van der Waals surface area contributed by atoms with E-state index < -0.39 is 8.32 Å². The fraction of sp³-hybridized carbons (Fsp3) is 0.318. The minimum Gasteiger partial charge on any atom is -0.689 e. The summed E-state index contributed by atoms with van der Waals surface area (Å²) in [6, 6.07) is 14.4. The van der Waals surface area contributed by atoms with Crippen LogP contribution in [-0.4, -0.2) is 13.3 Å². The number of hydrogen-bond donors (Lipinski definition) is 1. The second kappa shape index (κ2) is 7.28. The summed E-state index contributed by atoms with van der Waals surface area (Å²) in [5, 5.41) is 4.83. The Hall–Kier alpha value is -1.85. The molecule has 0 saturated carbocycles. The van der Waals surface area contributed by atoms with Gasteiger partial charge in [0.2, 0.25) is 0 Å². The van der Waals surface area contributed by atoms with Crippen molar-refractivity contribution in [1.82, 2.24) is 4.98 Å². The van der Waals surface area contributed by atoms with Crippen LogP contribution in [0.2, 0.25) is 18.1 Å². The molecule has 0 spiro atoms. The van der Waals surface area contributed by atoms with E-state index in [1.165, 1.54) is 5.56 Å². The number of aromatic nitrogens is 1. The zero-order chi connectivity index (χ0) is 19.8. The molecular weight excluding hydrogens is 416 g/mol.